The van der Waals surface area contributed by atoms with Gasteiger partial charge in [-0.1, -0.05) is 6.07 Å². The number of nitrogens with one attached hydrogen (secondary N) is 1. The SMILES string of the molecule is CNc1nc(-c2ccc(C)cn2)ncc1Br. The smallest absolute Gasteiger partial charge is 0.180 e. The Balaban J connectivity index is 2.44. The molecule has 1 N–H and O–H groups in total. The second kappa shape index (κ2) is 4.57. The van der Waals surface area contributed by atoms with Crippen molar-refractivity contribution >= 4 is 21.7 Å². The van der Waals surface area contributed by atoms with E-state index in [0.717, 1.165) is 21.5 Å². The second-order valence-electron chi connectivity index (χ2n) is 3.36. The molecule has 4 nitrogen and oxygen atoms in total. The summed E-state index contributed by atoms with van der Waals surface area (Å²) in [5.41, 5.74) is 1.89. The molecule has 0 bridgehead atoms. The number of aryl methyl sites for hydroxylation is 1. The molecule has 0 saturated carbocycles. The van der Waals surface area contributed by atoms with Crippen molar-refractivity contribution < 1.29 is 0 Å². The van der Waals surface area contributed by atoms with Crippen LogP contribution < -0.4 is 5.32 Å². The van der Waals surface area contributed by atoms with Crippen molar-refractivity contribution in [2.75, 3.05) is 12.4 Å². The number of pyridine rings is 1. The Morgan fingerprint density at radius 3 is 2.62 bits per heavy atom. The van der Waals surface area contributed by atoms with Gasteiger partial charge in [0.15, 0.2) is 5.82 Å². The molecule has 0 atom stereocenters. The molecule has 2 heterocycles. The molecular formula is C11H11BrN4. The average molecular weight is 279 g/mol. The number of halogens is 1. The summed E-state index contributed by atoms with van der Waals surface area (Å²) in [6.07, 6.45) is 3.52. The van der Waals surface area contributed by atoms with Crippen LogP contribution in [0.5, 0.6) is 0 Å². The Kier molecular flexibility index (Phi) is 3.14. The summed E-state index contributed by atoms with van der Waals surface area (Å²) in [6.45, 7) is 2.00. The van der Waals surface area contributed by atoms with Crippen LogP contribution >= 0.6 is 15.9 Å². The number of nitrogens with zero attached hydrogens (tertiary/aromatic N) is 3. The Morgan fingerprint density at radius 2 is 2.00 bits per heavy atom. The maximum Gasteiger partial charge on any atom is 0.180 e. The molecule has 2 rings (SSSR count). The topological polar surface area (TPSA) is 50.7 Å². The van der Waals surface area contributed by atoms with Crippen LogP contribution in [0.4, 0.5) is 5.82 Å². The van der Waals surface area contributed by atoms with Gasteiger partial charge in [0.05, 0.1) is 4.47 Å². The van der Waals surface area contributed by atoms with Crippen LogP contribution in [0.1, 0.15) is 5.56 Å². The van der Waals surface area contributed by atoms with Gasteiger partial charge in [0.25, 0.3) is 0 Å². The van der Waals surface area contributed by atoms with Crippen LogP contribution in [0.2, 0.25) is 0 Å². The molecule has 2 aromatic rings. The zero-order chi connectivity index (χ0) is 11.5. The number of aromatic nitrogens is 3. The molecule has 0 unspecified atom stereocenters. The lowest BCUT2D eigenvalue weighted by Crippen LogP contribution is -1.98. The van der Waals surface area contributed by atoms with Crippen molar-refractivity contribution in [2.45, 2.75) is 6.92 Å². The predicted octanol–water partition coefficient (Wildman–Crippen LogP) is 2.65. The molecule has 0 fully saturated rings. The van der Waals surface area contributed by atoms with E-state index in [1.54, 1.807) is 12.4 Å². The zero-order valence-corrected chi connectivity index (χ0v) is 10.6. The fourth-order valence-electron chi connectivity index (χ4n) is 1.27. The molecule has 82 valence electrons. The third-order valence-corrected chi connectivity index (χ3v) is 2.70. The van der Waals surface area contributed by atoms with Gasteiger partial charge in [-0.05, 0) is 34.5 Å². The maximum atomic E-state index is 4.36. The summed E-state index contributed by atoms with van der Waals surface area (Å²) in [5.74, 6) is 1.37. The molecule has 0 aliphatic heterocycles. The van der Waals surface area contributed by atoms with Gasteiger partial charge in [-0.3, -0.25) is 4.98 Å². The lowest BCUT2D eigenvalue weighted by molar-refractivity contribution is 1.12. The monoisotopic (exact) mass is 278 g/mol. The largest absolute Gasteiger partial charge is 0.372 e. The van der Waals surface area contributed by atoms with E-state index < -0.39 is 0 Å². The van der Waals surface area contributed by atoms with E-state index in [0.29, 0.717) is 5.82 Å². The van der Waals surface area contributed by atoms with E-state index in [9.17, 15) is 0 Å². The minimum Gasteiger partial charge on any atom is -0.372 e. The molecule has 5 heteroatoms. The van der Waals surface area contributed by atoms with Crippen molar-refractivity contribution in [1.82, 2.24) is 15.0 Å². The quantitative estimate of drug-likeness (QED) is 0.918. The first-order valence-electron chi connectivity index (χ1n) is 4.84. The summed E-state index contributed by atoms with van der Waals surface area (Å²) in [6, 6.07) is 3.91. The number of hydrogen-bond acceptors (Lipinski definition) is 4. The van der Waals surface area contributed by atoms with Crippen molar-refractivity contribution in [3.05, 3.63) is 34.6 Å². The van der Waals surface area contributed by atoms with Gasteiger partial charge < -0.3 is 5.32 Å². The Bertz CT molecular complexity index is 496. The molecule has 0 saturated heterocycles. The fourth-order valence-corrected chi connectivity index (χ4v) is 1.66. The van der Waals surface area contributed by atoms with E-state index >= 15 is 0 Å². The predicted molar refractivity (Wildman–Crippen MR) is 67.2 cm³/mol. The highest BCUT2D eigenvalue weighted by molar-refractivity contribution is 9.10. The molecule has 0 spiro atoms. The molecule has 0 aliphatic carbocycles. The van der Waals surface area contributed by atoms with Crippen molar-refractivity contribution in [2.24, 2.45) is 0 Å². The van der Waals surface area contributed by atoms with Gasteiger partial charge in [0.2, 0.25) is 0 Å². The van der Waals surface area contributed by atoms with Crippen LogP contribution in [-0.2, 0) is 0 Å². The molecular weight excluding hydrogens is 268 g/mol. The van der Waals surface area contributed by atoms with E-state index in [1.165, 1.54) is 0 Å². The van der Waals surface area contributed by atoms with Crippen LogP contribution in [0.25, 0.3) is 11.5 Å². The normalized spacial score (nSPS) is 10.2. The highest BCUT2D eigenvalue weighted by atomic mass is 79.9. The third kappa shape index (κ3) is 2.19. The summed E-state index contributed by atoms with van der Waals surface area (Å²) in [4.78, 5) is 12.9. The first kappa shape index (κ1) is 11.0. The van der Waals surface area contributed by atoms with Gasteiger partial charge in [0.1, 0.15) is 11.5 Å². The Labute approximate surface area is 102 Å². The maximum absolute atomic E-state index is 4.36. The summed E-state index contributed by atoms with van der Waals surface area (Å²) in [5, 5.41) is 2.99. The third-order valence-electron chi connectivity index (χ3n) is 2.12. The van der Waals surface area contributed by atoms with E-state index in [-0.39, 0.29) is 0 Å². The first-order valence-corrected chi connectivity index (χ1v) is 5.63. The second-order valence-corrected chi connectivity index (χ2v) is 4.22. The highest BCUT2D eigenvalue weighted by Crippen LogP contribution is 2.21. The molecule has 0 amide bonds. The van der Waals surface area contributed by atoms with Crippen LogP contribution in [0, 0.1) is 6.92 Å². The summed E-state index contributed by atoms with van der Waals surface area (Å²) < 4.78 is 0.839. The highest BCUT2D eigenvalue weighted by Gasteiger charge is 2.06. The molecule has 2 aromatic heterocycles. The minimum atomic E-state index is 0.618. The Hall–Kier alpha value is -1.49. The van der Waals surface area contributed by atoms with Crippen molar-refractivity contribution in [1.29, 1.82) is 0 Å². The van der Waals surface area contributed by atoms with Gasteiger partial charge >= 0.3 is 0 Å². The van der Waals surface area contributed by atoms with Gasteiger partial charge in [0, 0.05) is 19.4 Å². The zero-order valence-electron chi connectivity index (χ0n) is 9.03. The average Bonchev–Trinajstić information content (AvgIpc) is 2.31. The number of hydrogen-bond donors (Lipinski definition) is 1. The summed E-state index contributed by atoms with van der Waals surface area (Å²) >= 11 is 3.37. The fraction of sp³-hybridized carbons (Fsp3) is 0.182. The van der Waals surface area contributed by atoms with Crippen LogP contribution in [0.3, 0.4) is 0 Å². The minimum absolute atomic E-state index is 0.618. The van der Waals surface area contributed by atoms with Gasteiger partial charge in [-0.15, -0.1) is 0 Å². The molecule has 0 aliphatic rings. The summed E-state index contributed by atoms with van der Waals surface area (Å²) in [7, 11) is 1.82. The van der Waals surface area contributed by atoms with Crippen molar-refractivity contribution in [3.63, 3.8) is 0 Å². The molecule has 0 radical (unpaired) electrons. The molecule has 0 aromatic carbocycles. The van der Waals surface area contributed by atoms with E-state index in [1.807, 2.05) is 26.1 Å². The first-order chi connectivity index (χ1) is 7.70. The van der Waals surface area contributed by atoms with Gasteiger partial charge in [-0.25, -0.2) is 9.97 Å². The van der Waals surface area contributed by atoms with Gasteiger partial charge in [-0.2, -0.15) is 0 Å². The lowest BCUT2D eigenvalue weighted by atomic mass is 10.2. The molecule has 16 heavy (non-hydrogen) atoms. The Morgan fingerprint density at radius 1 is 1.19 bits per heavy atom. The van der Waals surface area contributed by atoms with E-state index in [2.05, 4.69) is 36.2 Å². The van der Waals surface area contributed by atoms with Crippen LogP contribution in [-0.4, -0.2) is 22.0 Å². The van der Waals surface area contributed by atoms with Crippen molar-refractivity contribution in [3.8, 4) is 11.5 Å². The number of rotatable bonds is 2. The standard InChI is InChI=1S/C11H11BrN4/c1-7-3-4-9(14-5-7)11-15-6-8(12)10(13-2)16-11/h3-6H,1-2H3,(H,13,15,16). The lowest BCUT2D eigenvalue weighted by Gasteiger charge is -2.04. The van der Waals surface area contributed by atoms with E-state index in [4.69, 9.17) is 0 Å². The van der Waals surface area contributed by atoms with Crippen LogP contribution in [0.15, 0.2) is 29.0 Å². The number of anilines is 1.